The van der Waals surface area contributed by atoms with Gasteiger partial charge >= 0.3 is 65.8 Å². The standard InChI is InChI=1S/C14H3F22NO2S/c1-2-3(38)39-14(34,35)11(27,37(36)4(40)5(15,16)12(28,29)30)9(23,24)7(19,20)6(17,18)8(21,22)10(25,26)13(31,32)33/h2H,1H2. The Bertz CT molecular complexity index is 998. The number of thiocarbonyl (C=S) groups is 1. The fourth-order valence-electron chi connectivity index (χ4n) is 2.02. The summed E-state index contributed by atoms with van der Waals surface area (Å²) in [5.41, 5.74) is 0. The first kappa shape index (κ1) is 37.6. The Kier molecular flexibility index (Phi) is 9.24. The van der Waals surface area contributed by atoms with Crippen molar-refractivity contribution in [3.05, 3.63) is 12.7 Å². The highest BCUT2D eigenvalue weighted by atomic mass is 32.1. The summed E-state index contributed by atoms with van der Waals surface area (Å²) < 4.78 is 295. The van der Waals surface area contributed by atoms with Gasteiger partial charge in [0.2, 0.25) is 0 Å². The lowest BCUT2D eigenvalue weighted by atomic mass is 9.88. The number of esters is 1. The zero-order valence-corrected chi connectivity index (χ0v) is 18.1. The van der Waals surface area contributed by atoms with Crippen LogP contribution in [0.4, 0.5) is 96.7 Å². The number of ether oxygens (including phenoxy) is 1. The Morgan fingerprint density at radius 2 is 0.925 bits per heavy atom. The van der Waals surface area contributed by atoms with E-state index in [0.717, 1.165) is 0 Å². The van der Waals surface area contributed by atoms with Crippen molar-refractivity contribution in [1.29, 1.82) is 0 Å². The van der Waals surface area contributed by atoms with Gasteiger partial charge in [-0.2, -0.15) is 92.2 Å². The fraction of sp³-hybridized carbons (Fsp3) is 0.714. The van der Waals surface area contributed by atoms with Crippen LogP contribution in [0.3, 0.4) is 0 Å². The molecule has 0 amide bonds. The molecule has 0 aliphatic heterocycles. The Hall–Kier alpha value is -2.44. The van der Waals surface area contributed by atoms with Crippen LogP contribution in [0, 0.1) is 0 Å². The highest BCUT2D eigenvalue weighted by Gasteiger charge is 2.97. The van der Waals surface area contributed by atoms with Gasteiger partial charge in [0.25, 0.3) is 0 Å². The van der Waals surface area contributed by atoms with Crippen molar-refractivity contribution >= 4 is 23.2 Å². The zero-order chi connectivity index (χ0) is 33.1. The van der Waals surface area contributed by atoms with Gasteiger partial charge in [-0.1, -0.05) is 23.3 Å². The summed E-state index contributed by atoms with van der Waals surface area (Å²) in [5, 5.41) is -4.34. The SMILES string of the molecule is C=CC(=O)OC(F)(F)C(F)(N(F)C(=S)C(F)(F)C(F)(F)F)C(F)(F)C(F)(F)C(F)(F)C(F)(F)C(F)(F)C(F)(F)F. The minimum absolute atomic E-state index is 0.761. The quantitative estimate of drug-likeness (QED) is 0.0606. The maximum absolute atomic E-state index is 14.8. The van der Waals surface area contributed by atoms with E-state index in [1.807, 2.05) is 0 Å². The van der Waals surface area contributed by atoms with Gasteiger partial charge in [-0.15, -0.1) is 5.12 Å². The number of hydrogen-bond donors (Lipinski definition) is 0. The number of carbonyl (C=O) groups is 1. The second-order valence-corrected chi connectivity index (χ2v) is 7.18. The van der Waals surface area contributed by atoms with E-state index < -0.39 is 81.9 Å². The van der Waals surface area contributed by atoms with Crippen molar-refractivity contribution in [3.63, 3.8) is 0 Å². The lowest BCUT2D eigenvalue weighted by Gasteiger charge is -2.46. The average molecular weight is 667 g/mol. The molecule has 0 aromatic carbocycles. The summed E-state index contributed by atoms with van der Waals surface area (Å²) in [4.78, 5) is 6.09. The molecule has 0 aliphatic carbocycles. The molecule has 0 aromatic rings. The van der Waals surface area contributed by atoms with Crippen LogP contribution >= 0.6 is 12.2 Å². The summed E-state index contributed by atoms with van der Waals surface area (Å²) in [6.07, 6.45) is -24.2. The van der Waals surface area contributed by atoms with Crippen molar-refractivity contribution in [2.75, 3.05) is 0 Å². The van der Waals surface area contributed by atoms with Gasteiger partial charge in [0.1, 0.15) is 0 Å². The smallest absolute Gasteiger partial charge is 0.393 e. The molecule has 3 nitrogen and oxygen atoms in total. The summed E-state index contributed by atoms with van der Waals surface area (Å²) >= 11 is 2.75. The average Bonchev–Trinajstić information content (AvgIpc) is 2.74. The van der Waals surface area contributed by atoms with Crippen LogP contribution in [0.1, 0.15) is 0 Å². The van der Waals surface area contributed by atoms with Gasteiger partial charge in [0, 0.05) is 6.08 Å². The molecule has 236 valence electrons. The van der Waals surface area contributed by atoms with Crippen molar-refractivity contribution in [3.8, 4) is 0 Å². The molecular weight excluding hydrogens is 664 g/mol. The van der Waals surface area contributed by atoms with Crippen LogP contribution in [0.15, 0.2) is 12.7 Å². The van der Waals surface area contributed by atoms with Crippen LogP contribution in [0.5, 0.6) is 0 Å². The number of carbonyl (C=O) groups excluding carboxylic acids is 1. The fourth-order valence-corrected chi connectivity index (χ4v) is 2.26. The van der Waals surface area contributed by atoms with Crippen LogP contribution in [-0.4, -0.2) is 75.9 Å². The van der Waals surface area contributed by atoms with Crippen LogP contribution in [0.2, 0.25) is 0 Å². The number of hydrogen-bond acceptors (Lipinski definition) is 3. The monoisotopic (exact) mass is 667 g/mol. The second-order valence-electron chi connectivity index (χ2n) is 6.79. The molecule has 0 saturated carbocycles. The lowest BCUT2D eigenvalue weighted by molar-refractivity contribution is -0.477. The molecule has 0 rings (SSSR count). The minimum atomic E-state index is -9.29. The molecule has 0 bridgehead atoms. The normalized spacial score (nSPS) is 16.8. The molecule has 40 heavy (non-hydrogen) atoms. The lowest BCUT2D eigenvalue weighted by Crippen LogP contribution is -2.79. The Balaban J connectivity index is 7.75. The van der Waals surface area contributed by atoms with E-state index >= 15 is 0 Å². The molecule has 0 spiro atoms. The largest absolute Gasteiger partial charge is 0.464 e. The van der Waals surface area contributed by atoms with Crippen molar-refractivity contribution in [1.82, 2.24) is 5.12 Å². The van der Waals surface area contributed by atoms with E-state index in [0.29, 0.717) is 0 Å². The summed E-state index contributed by atoms with van der Waals surface area (Å²) in [5.74, 6) is -64.4. The van der Waals surface area contributed by atoms with E-state index in [-0.39, 0.29) is 0 Å². The molecule has 0 saturated heterocycles. The van der Waals surface area contributed by atoms with E-state index in [1.165, 1.54) is 0 Å². The third-order valence-electron chi connectivity index (χ3n) is 4.20. The Morgan fingerprint density at radius 3 is 1.23 bits per heavy atom. The van der Waals surface area contributed by atoms with Gasteiger partial charge in [0.05, 0.1) is 0 Å². The van der Waals surface area contributed by atoms with E-state index in [4.69, 9.17) is 0 Å². The predicted octanol–water partition coefficient (Wildman–Crippen LogP) is 7.42. The summed E-state index contributed by atoms with van der Waals surface area (Å²) in [6.45, 7) is 2.13. The molecule has 1 unspecified atom stereocenters. The van der Waals surface area contributed by atoms with E-state index in [1.54, 1.807) is 0 Å². The predicted molar refractivity (Wildman–Crippen MR) is 82.4 cm³/mol. The Labute approximate surface area is 208 Å². The van der Waals surface area contributed by atoms with Gasteiger partial charge in [-0.3, -0.25) is 0 Å². The zero-order valence-electron chi connectivity index (χ0n) is 17.3. The molecule has 26 heteroatoms. The molecule has 1 atom stereocenters. The third-order valence-corrected chi connectivity index (χ3v) is 4.62. The van der Waals surface area contributed by atoms with Gasteiger partial charge in [-0.25, -0.2) is 4.79 Å². The van der Waals surface area contributed by atoms with Crippen molar-refractivity contribution < 1.29 is 106 Å². The van der Waals surface area contributed by atoms with Crippen molar-refractivity contribution in [2.24, 2.45) is 0 Å². The van der Waals surface area contributed by atoms with E-state index in [9.17, 15) is 101 Å². The molecular formula is C14H3F22NO2S. The number of rotatable bonds is 10. The molecule has 0 fully saturated rings. The number of alkyl halides is 21. The molecule has 0 radical (unpaired) electrons. The molecule has 0 heterocycles. The first-order valence-corrected chi connectivity index (χ1v) is 8.76. The molecule has 0 N–H and O–H groups in total. The highest BCUT2D eigenvalue weighted by molar-refractivity contribution is 7.80. The van der Waals surface area contributed by atoms with Crippen molar-refractivity contribution in [2.45, 2.75) is 59.8 Å². The van der Waals surface area contributed by atoms with Crippen LogP contribution in [-0.2, 0) is 9.53 Å². The number of halogens is 22. The molecule has 0 aliphatic rings. The third kappa shape index (κ3) is 4.96. The maximum atomic E-state index is 14.8. The summed E-state index contributed by atoms with van der Waals surface area (Å²) in [6, 6.07) is 0. The van der Waals surface area contributed by atoms with Crippen LogP contribution in [0.25, 0.3) is 0 Å². The van der Waals surface area contributed by atoms with Gasteiger partial charge < -0.3 is 4.74 Å². The first-order valence-electron chi connectivity index (χ1n) is 8.35. The minimum Gasteiger partial charge on any atom is -0.393 e. The topological polar surface area (TPSA) is 29.5 Å². The van der Waals surface area contributed by atoms with Crippen LogP contribution < -0.4 is 0 Å². The number of nitrogens with zero attached hydrogens (tertiary/aromatic N) is 1. The summed E-state index contributed by atoms with van der Waals surface area (Å²) in [7, 11) is 0. The maximum Gasteiger partial charge on any atom is 0.464 e. The molecule has 0 aromatic heterocycles. The second kappa shape index (κ2) is 9.84. The highest BCUT2D eigenvalue weighted by Crippen LogP contribution is 2.64. The van der Waals surface area contributed by atoms with E-state index in [2.05, 4.69) is 23.5 Å². The van der Waals surface area contributed by atoms with Gasteiger partial charge in [-0.05, 0) is 0 Å². The Morgan fingerprint density at radius 1 is 0.600 bits per heavy atom. The van der Waals surface area contributed by atoms with Gasteiger partial charge in [0.15, 0.2) is 4.99 Å². The first-order chi connectivity index (χ1) is 17.0.